The molecule has 0 atom stereocenters. The molecule has 1 aromatic heterocycles. The second kappa shape index (κ2) is 10.1. The van der Waals surface area contributed by atoms with Crippen LogP contribution in [0, 0.1) is 24.0 Å². The molecule has 11 heteroatoms. The molecule has 0 aliphatic carbocycles. The summed E-state index contributed by atoms with van der Waals surface area (Å²) in [7, 11) is 0. The van der Waals surface area contributed by atoms with Crippen LogP contribution in [0.15, 0.2) is 53.1 Å². The average Bonchev–Trinajstić information content (AvgIpc) is 3.12. The number of carbonyl (C=O) groups excluding carboxylic acids is 2. The van der Waals surface area contributed by atoms with Crippen LogP contribution < -0.4 is 20.3 Å². The predicted molar refractivity (Wildman–Crippen MR) is 111 cm³/mol. The van der Waals surface area contributed by atoms with Crippen LogP contribution >= 0.6 is 0 Å². The third kappa shape index (κ3) is 5.59. The summed E-state index contributed by atoms with van der Waals surface area (Å²) in [6.07, 6.45) is 0. The molecule has 2 amide bonds. The molecule has 166 valence electrons. The van der Waals surface area contributed by atoms with E-state index < -0.39 is 23.3 Å². The molecule has 0 unspecified atom stereocenters. The van der Waals surface area contributed by atoms with Crippen LogP contribution in [-0.4, -0.2) is 28.5 Å². The van der Waals surface area contributed by atoms with Crippen molar-refractivity contribution in [3.05, 3.63) is 81.2 Å². The number of nitro benzene ring substituents is 1. The number of ether oxygens (including phenoxy) is 2. The molecular weight excluding hydrogens is 420 g/mol. The highest BCUT2D eigenvalue weighted by atomic mass is 16.6. The standard InChI is InChI=1S/C21H20N4O7/c1-13-17(14(2)32-24-13)11-30-16-7-5-6-15(10-16)21(27)23-22-20(26)12-31-19-9-4-3-8-18(19)25(28)29/h3-10H,11-12H2,1-2H3,(H,22,26)(H,23,27). The summed E-state index contributed by atoms with van der Waals surface area (Å²) in [5, 5.41) is 14.8. The lowest BCUT2D eigenvalue weighted by molar-refractivity contribution is -0.385. The second-order valence-electron chi connectivity index (χ2n) is 6.64. The van der Waals surface area contributed by atoms with Gasteiger partial charge in [0, 0.05) is 11.6 Å². The van der Waals surface area contributed by atoms with Crippen molar-refractivity contribution in [2.24, 2.45) is 0 Å². The molecule has 0 radical (unpaired) electrons. The minimum atomic E-state index is -0.692. The molecule has 2 N–H and O–H groups in total. The third-order valence-corrected chi connectivity index (χ3v) is 4.40. The van der Waals surface area contributed by atoms with Crippen LogP contribution in [0.25, 0.3) is 0 Å². The summed E-state index contributed by atoms with van der Waals surface area (Å²) in [4.78, 5) is 34.6. The molecule has 0 spiro atoms. The molecular formula is C21H20N4O7. The van der Waals surface area contributed by atoms with E-state index in [0.717, 1.165) is 11.3 Å². The van der Waals surface area contributed by atoms with E-state index in [0.29, 0.717) is 11.5 Å². The summed E-state index contributed by atoms with van der Waals surface area (Å²) in [5.74, 6) is -0.220. The number of para-hydroxylation sites is 2. The van der Waals surface area contributed by atoms with Crippen LogP contribution in [0.1, 0.15) is 27.4 Å². The Morgan fingerprint density at radius 2 is 1.88 bits per heavy atom. The molecule has 0 fully saturated rings. The number of nitro groups is 1. The Morgan fingerprint density at radius 1 is 1.09 bits per heavy atom. The Bertz CT molecular complexity index is 1120. The number of aryl methyl sites for hydroxylation is 2. The Balaban J connectivity index is 1.51. The number of nitrogens with one attached hydrogen (secondary N) is 2. The molecule has 0 saturated carbocycles. The van der Waals surface area contributed by atoms with Crippen LogP contribution in [0.5, 0.6) is 11.5 Å². The van der Waals surface area contributed by atoms with Crippen molar-refractivity contribution in [1.82, 2.24) is 16.0 Å². The second-order valence-corrected chi connectivity index (χ2v) is 6.64. The quantitative estimate of drug-likeness (QED) is 0.401. The van der Waals surface area contributed by atoms with Crippen molar-refractivity contribution in [1.29, 1.82) is 0 Å². The van der Waals surface area contributed by atoms with Crippen molar-refractivity contribution in [2.45, 2.75) is 20.5 Å². The van der Waals surface area contributed by atoms with Crippen molar-refractivity contribution in [3.8, 4) is 11.5 Å². The lowest BCUT2D eigenvalue weighted by atomic mass is 10.2. The Hall–Kier alpha value is -4.41. The monoisotopic (exact) mass is 440 g/mol. The topological polar surface area (TPSA) is 146 Å². The number of aromatic nitrogens is 1. The van der Waals surface area contributed by atoms with E-state index in [1.54, 1.807) is 38.1 Å². The van der Waals surface area contributed by atoms with Gasteiger partial charge < -0.3 is 14.0 Å². The smallest absolute Gasteiger partial charge is 0.310 e. The number of rotatable bonds is 8. The number of hydrogen-bond acceptors (Lipinski definition) is 8. The van der Waals surface area contributed by atoms with E-state index >= 15 is 0 Å². The first-order valence-corrected chi connectivity index (χ1v) is 9.45. The number of benzene rings is 2. The fraction of sp³-hybridized carbons (Fsp3) is 0.190. The fourth-order valence-electron chi connectivity index (χ4n) is 2.70. The van der Waals surface area contributed by atoms with Gasteiger partial charge in [-0.05, 0) is 38.1 Å². The summed E-state index contributed by atoms with van der Waals surface area (Å²) < 4.78 is 16.0. The maximum atomic E-state index is 12.3. The molecule has 3 rings (SSSR count). The molecule has 0 aliphatic rings. The Labute approximate surface area is 182 Å². The van der Waals surface area contributed by atoms with E-state index in [2.05, 4.69) is 16.0 Å². The van der Waals surface area contributed by atoms with Crippen LogP contribution in [0.2, 0.25) is 0 Å². The zero-order valence-corrected chi connectivity index (χ0v) is 17.3. The van der Waals surface area contributed by atoms with Gasteiger partial charge in [-0.25, -0.2) is 0 Å². The minimum absolute atomic E-state index is 0.0536. The third-order valence-electron chi connectivity index (χ3n) is 4.40. The van der Waals surface area contributed by atoms with Crippen LogP contribution in [-0.2, 0) is 11.4 Å². The molecule has 0 saturated heterocycles. The predicted octanol–water partition coefficient (Wildman–Crippen LogP) is 2.62. The first kappa shape index (κ1) is 22.3. The lowest BCUT2D eigenvalue weighted by Crippen LogP contribution is -2.43. The summed E-state index contributed by atoms with van der Waals surface area (Å²) in [5.41, 5.74) is 5.98. The van der Waals surface area contributed by atoms with Crippen LogP contribution in [0.3, 0.4) is 0 Å². The summed E-state index contributed by atoms with van der Waals surface area (Å²) >= 11 is 0. The first-order chi connectivity index (χ1) is 15.3. The first-order valence-electron chi connectivity index (χ1n) is 9.45. The van der Waals surface area contributed by atoms with Gasteiger partial charge in [-0.2, -0.15) is 0 Å². The zero-order valence-electron chi connectivity index (χ0n) is 17.3. The molecule has 3 aromatic rings. The fourth-order valence-corrected chi connectivity index (χ4v) is 2.70. The van der Waals surface area contributed by atoms with Crippen molar-refractivity contribution >= 4 is 17.5 Å². The summed E-state index contributed by atoms with van der Waals surface area (Å²) in [6.45, 7) is 3.30. The average molecular weight is 440 g/mol. The normalized spacial score (nSPS) is 10.3. The zero-order chi connectivity index (χ0) is 23.1. The molecule has 11 nitrogen and oxygen atoms in total. The number of carbonyl (C=O) groups is 2. The van der Waals surface area contributed by atoms with E-state index in [1.807, 2.05) is 0 Å². The summed E-state index contributed by atoms with van der Waals surface area (Å²) in [6, 6.07) is 12.1. The van der Waals surface area contributed by atoms with E-state index in [1.165, 1.54) is 24.3 Å². The Kier molecular flexibility index (Phi) is 7.01. The van der Waals surface area contributed by atoms with Gasteiger partial charge in [0.1, 0.15) is 18.1 Å². The van der Waals surface area contributed by atoms with Crippen molar-refractivity contribution in [3.63, 3.8) is 0 Å². The number of hydrogen-bond donors (Lipinski definition) is 2. The van der Waals surface area contributed by atoms with E-state index in [-0.39, 0.29) is 23.6 Å². The van der Waals surface area contributed by atoms with Gasteiger partial charge in [-0.15, -0.1) is 0 Å². The molecule has 0 aliphatic heterocycles. The SMILES string of the molecule is Cc1noc(C)c1COc1cccc(C(=O)NNC(=O)COc2ccccc2[N+](=O)[O-])c1. The van der Waals surface area contributed by atoms with Gasteiger partial charge in [-0.1, -0.05) is 23.4 Å². The minimum Gasteiger partial charge on any atom is -0.489 e. The van der Waals surface area contributed by atoms with Gasteiger partial charge >= 0.3 is 5.69 Å². The highest BCUT2D eigenvalue weighted by molar-refractivity contribution is 5.95. The number of amides is 2. The van der Waals surface area contributed by atoms with Gasteiger partial charge in [0.2, 0.25) is 0 Å². The van der Waals surface area contributed by atoms with E-state index in [4.69, 9.17) is 14.0 Å². The highest BCUT2D eigenvalue weighted by Gasteiger charge is 2.16. The largest absolute Gasteiger partial charge is 0.489 e. The van der Waals surface area contributed by atoms with Crippen molar-refractivity contribution < 1.29 is 28.5 Å². The number of hydrazine groups is 1. The molecule has 2 aromatic carbocycles. The van der Waals surface area contributed by atoms with Crippen LogP contribution in [0.4, 0.5) is 5.69 Å². The van der Waals surface area contributed by atoms with E-state index in [9.17, 15) is 19.7 Å². The lowest BCUT2D eigenvalue weighted by Gasteiger charge is -2.10. The maximum Gasteiger partial charge on any atom is 0.310 e. The number of nitrogens with zero attached hydrogens (tertiary/aromatic N) is 2. The maximum absolute atomic E-state index is 12.3. The van der Waals surface area contributed by atoms with Gasteiger partial charge in [0.05, 0.1) is 16.2 Å². The molecule has 32 heavy (non-hydrogen) atoms. The molecule has 0 bridgehead atoms. The van der Waals surface area contributed by atoms with Gasteiger partial charge in [-0.3, -0.25) is 30.6 Å². The van der Waals surface area contributed by atoms with Gasteiger partial charge in [0.15, 0.2) is 12.4 Å². The molecule has 1 heterocycles. The highest BCUT2D eigenvalue weighted by Crippen LogP contribution is 2.25. The van der Waals surface area contributed by atoms with Gasteiger partial charge in [0.25, 0.3) is 11.8 Å². The Morgan fingerprint density at radius 3 is 2.59 bits per heavy atom. The van der Waals surface area contributed by atoms with Crippen molar-refractivity contribution in [2.75, 3.05) is 6.61 Å².